The molecule has 0 saturated carbocycles. The van der Waals surface area contributed by atoms with Crippen molar-refractivity contribution in [3.8, 4) is 5.75 Å². The van der Waals surface area contributed by atoms with Gasteiger partial charge in [-0.05, 0) is 43.9 Å². The fraction of sp³-hybridized carbons (Fsp3) is 0.625. The van der Waals surface area contributed by atoms with E-state index >= 15 is 0 Å². The molecular formula is C16H25NO3. The Bertz CT molecular complexity index is 374. The van der Waals surface area contributed by atoms with E-state index in [-0.39, 0.29) is 12.7 Å². The van der Waals surface area contributed by atoms with Crippen molar-refractivity contribution in [2.45, 2.75) is 44.9 Å². The van der Waals surface area contributed by atoms with Crippen LogP contribution in [-0.4, -0.2) is 37.1 Å². The maximum Gasteiger partial charge on any atom is 0.119 e. The number of benzene rings is 1. The summed E-state index contributed by atoms with van der Waals surface area (Å²) < 4.78 is 11.3. The third kappa shape index (κ3) is 5.12. The van der Waals surface area contributed by atoms with Gasteiger partial charge in [0.05, 0.1) is 6.10 Å². The maximum atomic E-state index is 8.85. The zero-order valence-electron chi connectivity index (χ0n) is 12.2. The number of aliphatic hydroxyl groups excluding tert-OH is 1. The van der Waals surface area contributed by atoms with E-state index in [1.54, 1.807) is 0 Å². The van der Waals surface area contributed by atoms with Gasteiger partial charge in [0.25, 0.3) is 0 Å². The lowest BCUT2D eigenvalue weighted by molar-refractivity contribution is 0.0679. The molecule has 1 aromatic carbocycles. The van der Waals surface area contributed by atoms with E-state index in [9.17, 15) is 0 Å². The number of ether oxygens (including phenoxy) is 2. The number of hydrogen-bond acceptors (Lipinski definition) is 4. The Kier molecular flexibility index (Phi) is 6.30. The average Bonchev–Trinajstić information content (AvgIpc) is 2.98. The lowest BCUT2D eigenvalue weighted by Gasteiger charge is -2.13. The SMILES string of the molecule is CC(CCO)NCc1ccc(OCC2CCCO2)cc1. The number of nitrogens with one attached hydrogen (secondary N) is 1. The molecule has 0 spiro atoms. The molecule has 1 heterocycles. The summed E-state index contributed by atoms with van der Waals surface area (Å²) in [5.41, 5.74) is 1.22. The second-order valence-electron chi connectivity index (χ2n) is 5.38. The van der Waals surface area contributed by atoms with E-state index in [2.05, 4.69) is 24.4 Å². The van der Waals surface area contributed by atoms with Crippen LogP contribution in [0, 0.1) is 0 Å². The van der Waals surface area contributed by atoms with Gasteiger partial charge in [-0.1, -0.05) is 12.1 Å². The molecule has 0 aromatic heterocycles. The van der Waals surface area contributed by atoms with E-state index in [0.29, 0.717) is 12.6 Å². The molecule has 1 aliphatic heterocycles. The minimum atomic E-state index is 0.226. The number of rotatable bonds is 8. The Morgan fingerprint density at radius 3 is 2.85 bits per heavy atom. The van der Waals surface area contributed by atoms with Crippen molar-refractivity contribution in [2.24, 2.45) is 0 Å². The van der Waals surface area contributed by atoms with Gasteiger partial charge >= 0.3 is 0 Å². The van der Waals surface area contributed by atoms with Crippen LogP contribution < -0.4 is 10.1 Å². The monoisotopic (exact) mass is 279 g/mol. The molecule has 0 amide bonds. The lowest BCUT2D eigenvalue weighted by Crippen LogP contribution is -2.26. The zero-order valence-corrected chi connectivity index (χ0v) is 12.2. The highest BCUT2D eigenvalue weighted by molar-refractivity contribution is 5.27. The van der Waals surface area contributed by atoms with Crippen LogP contribution in [0.25, 0.3) is 0 Å². The van der Waals surface area contributed by atoms with Gasteiger partial charge in [0, 0.05) is 25.8 Å². The highest BCUT2D eigenvalue weighted by Gasteiger charge is 2.15. The molecule has 1 aliphatic rings. The molecule has 0 aliphatic carbocycles. The first-order valence-corrected chi connectivity index (χ1v) is 7.45. The molecule has 0 bridgehead atoms. The predicted octanol–water partition coefficient (Wildman–Crippen LogP) is 2.10. The molecule has 112 valence electrons. The molecule has 2 atom stereocenters. The van der Waals surface area contributed by atoms with Gasteiger partial charge in [-0.2, -0.15) is 0 Å². The topological polar surface area (TPSA) is 50.7 Å². The van der Waals surface area contributed by atoms with Crippen molar-refractivity contribution in [1.82, 2.24) is 5.32 Å². The summed E-state index contributed by atoms with van der Waals surface area (Å²) in [6.07, 6.45) is 3.29. The summed E-state index contributed by atoms with van der Waals surface area (Å²) >= 11 is 0. The van der Waals surface area contributed by atoms with Crippen molar-refractivity contribution in [1.29, 1.82) is 0 Å². The van der Waals surface area contributed by atoms with Crippen LogP contribution in [0.1, 0.15) is 31.7 Å². The molecular weight excluding hydrogens is 254 g/mol. The van der Waals surface area contributed by atoms with Crippen molar-refractivity contribution in [3.63, 3.8) is 0 Å². The quantitative estimate of drug-likeness (QED) is 0.765. The van der Waals surface area contributed by atoms with Crippen molar-refractivity contribution >= 4 is 0 Å². The normalized spacial score (nSPS) is 20.0. The van der Waals surface area contributed by atoms with Gasteiger partial charge in [-0.25, -0.2) is 0 Å². The van der Waals surface area contributed by atoms with Gasteiger partial charge in [0.2, 0.25) is 0 Å². The summed E-state index contributed by atoms with van der Waals surface area (Å²) in [6.45, 7) is 4.63. The summed E-state index contributed by atoms with van der Waals surface area (Å²) in [7, 11) is 0. The molecule has 4 heteroatoms. The first kappa shape index (κ1) is 15.3. The van der Waals surface area contributed by atoms with E-state index in [1.807, 2.05) is 12.1 Å². The van der Waals surface area contributed by atoms with Crippen LogP contribution in [0.3, 0.4) is 0 Å². The predicted molar refractivity (Wildman–Crippen MR) is 78.9 cm³/mol. The smallest absolute Gasteiger partial charge is 0.119 e. The van der Waals surface area contributed by atoms with Gasteiger partial charge in [-0.3, -0.25) is 0 Å². The van der Waals surface area contributed by atoms with E-state index < -0.39 is 0 Å². The summed E-state index contributed by atoms with van der Waals surface area (Å²) in [6, 6.07) is 8.48. The molecule has 20 heavy (non-hydrogen) atoms. The first-order chi connectivity index (χ1) is 9.78. The van der Waals surface area contributed by atoms with Crippen LogP contribution in [0.15, 0.2) is 24.3 Å². The Labute approximate surface area is 121 Å². The Hall–Kier alpha value is -1.10. The van der Waals surface area contributed by atoms with Crippen molar-refractivity contribution in [2.75, 3.05) is 19.8 Å². The van der Waals surface area contributed by atoms with Crippen LogP contribution in [0.4, 0.5) is 0 Å². The number of hydrogen-bond donors (Lipinski definition) is 2. The third-order valence-corrected chi connectivity index (χ3v) is 3.60. The second-order valence-corrected chi connectivity index (χ2v) is 5.38. The Morgan fingerprint density at radius 1 is 1.40 bits per heavy atom. The van der Waals surface area contributed by atoms with Crippen molar-refractivity contribution < 1.29 is 14.6 Å². The molecule has 2 rings (SSSR count). The highest BCUT2D eigenvalue weighted by Crippen LogP contribution is 2.16. The number of aliphatic hydroxyl groups is 1. The zero-order chi connectivity index (χ0) is 14.2. The van der Waals surface area contributed by atoms with Crippen LogP contribution in [0.2, 0.25) is 0 Å². The molecule has 1 fully saturated rings. The first-order valence-electron chi connectivity index (χ1n) is 7.45. The molecule has 4 nitrogen and oxygen atoms in total. The van der Waals surface area contributed by atoms with Crippen LogP contribution in [-0.2, 0) is 11.3 Å². The Morgan fingerprint density at radius 2 is 2.20 bits per heavy atom. The average molecular weight is 279 g/mol. The second kappa shape index (κ2) is 8.25. The van der Waals surface area contributed by atoms with Gasteiger partial charge in [-0.15, -0.1) is 0 Å². The van der Waals surface area contributed by atoms with Crippen LogP contribution in [0.5, 0.6) is 5.75 Å². The lowest BCUT2D eigenvalue weighted by atomic mass is 10.2. The van der Waals surface area contributed by atoms with Crippen molar-refractivity contribution in [3.05, 3.63) is 29.8 Å². The minimum absolute atomic E-state index is 0.226. The minimum Gasteiger partial charge on any atom is -0.491 e. The summed E-state index contributed by atoms with van der Waals surface area (Å²) in [5.74, 6) is 0.896. The fourth-order valence-corrected chi connectivity index (χ4v) is 2.26. The fourth-order valence-electron chi connectivity index (χ4n) is 2.26. The van der Waals surface area contributed by atoms with Crippen LogP contribution >= 0.6 is 0 Å². The van der Waals surface area contributed by atoms with E-state index in [1.165, 1.54) is 5.56 Å². The Balaban J connectivity index is 1.71. The standard InChI is InChI=1S/C16H25NO3/c1-13(8-9-18)17-11-14-4-6-15(7-5-14)20-12-16-3-2-10-19-16/h4-7,13,16-18H,2-3,8-12H2,1H3. The molecule has 1 aromatic rings. The van der Waals surface area contributed by atoms with E-state index in [4.69, 9.17) is 14.6 Å². The molecule has 2 unspecified atom stereocenters. The third-order valence-electron chi connectivity index (χ3n) is 3.60. The molecule has 2 N–H and O–H groups in total. The molecule has 0 radical (unpaired) electrons. The largest absolute Gasteiger partial charge is 0.491 e. The summed E-state index contributed by atoms with van der Waals surface area (Å²) in [4.78, 5) is 0. The highest BCUT2D eigenvalue weighted by atomic mass is 16.5. The summed E-state index contributed by atoms with van der Waals surface area (Å²) in [5, 5.41) is 12.2. The van der Waals surface area contributed by atoms with E-state index in [0.717, 1.165) is 38.2 Å². The molecule has 1 saturated heterocycles. The maximum absolute atomic E-state index is 8.85. The van der Waals surface area contributed by atoms with Gasteiger partial charge in [0.15, 0.2) is 0 Å². The van der Waals surface area contributed by atoms with Gasteiger partial charge < -0.3 is 19.9 Å². The van der Waals surface area contributed by atoms with Gasteiger partial charge in [0.1, 0.15) is 12.4 Å².